The second-order valence-electron chi connectivity index (χ2n) is 3.35. The van der Waals surface area contributed by atoms with Gasteiger partial charge in [0, 0.05) is 41.7 Å². The van der Waals surface area contributed by atoms with E-state index in [0.29, 0.717) is 19.3 Å². The van der Waals surface area contributed by atoms with Gasteiger partial charge in [0.15, 0.2) is 18.7 Å². The molecule has 0 amide bonds. The zero-order valence-corrected chi connectivity index (χ0v) is 12.1. The molecule has 0 aromatic rings. The molecule has 0 N–H and O–H groups in total. The first-order valence-electron chi connectivity index (χ1n) is 5.92. The molecule has 0 heterocycles. The molecular weight excluding hydrogens is 240 g/mol. The minimum atomic E-state index is -0.609. The lowest BCUT2D eigenvalue weighted by Crippen LogP contribution is -2.44. The van der Waals surface area contributed by atoms with Crippen molar-refractivity contribution in [1.82, 2.24) is 0 Å². The highest BCUT2D eigenvalue weighted by molar-refractivity contribution is 4.94. The monoisotopic (exact) mass is 265 g/mol. The Morgan fingerprint density at radius 3 is 1.61 bits per heavy atom. The second kappa shape index (κ2) is 10.7. The van der Waals surface area contributed by atoms with Crippen molar-refractivity contribution >= 4 is 0 Å². The van der Waals surface area contributed by atoms with Gasteiger partial charge in [0.05, 0.1) is 0 Å². The fraction of sp³-hybridized carbons (Fsp3) is 0.917. The largest absolute Gasteiger partial charge is 0.373 e. The third-order valence-electron chi connectivity index (χ3n) is 2.35. The minimum Gasteiger partial charge on any atom is -0.373 e. The van der Waals surface area contributed by atoms with Crippen LogP contribution in [0.4, 0.5) is 0 Å². The molecule has 0 saturated carbocycles. The van der Waals surface area contributed by atoms with Gasteiger partial charge in [0.25, 0.3) is 0 Å². The predicted molar refractivity (Wildman–Crippen MR) is 65.9 cm³/mol. The van der Waals surface area contributed by atoms with Crippen molar-refractivity contribution < 1.29 is 28.4 Å². The van der Waals surface area contributed by atoms with E-state index in [1.165, 1.54) is 21.3 Å². The SMILES string of the molecule is CCOC(OCC)[C](OC)C(OC)C(OC)OC. The summed E-state index contributed by atoms with van der Waals surface area (Å²) in [4.78, 5) is 0. The van der Waals surface area contributed by atoms with Gasteiger partial charge in [-0.2, -0.15) is 0 Å². The lowest BCUT2D eigenvalue weighted by molar-refractivity contribution is -0.226. The molecule has 18 heavy (non-hydrogen) atoms. The van der Waals surface area contributed by atoms with Crippen molar-refractivity contribution in [3.05, 3.63) is 6.10 Å². The summed E-state index contributed by atoms with van der Waals surface area (Å²) in [6.07, 6.45) is -1.25. The molecule has 0 bridgehead atoms. The van der Waals surface area contributed by atoms with E-state index in [2.05, 4.69) is 0 Å². The molecule has 0 rings (SSSR count). The van der Waals surface area contributed by atoms with Crippen LogP contribution in [-0.2, 0) is 28.4 Å². The Kier molecular flexibility index (Phi) is 10.5. The molecule has 109 valence electrons. The number of methoxy groups -OCH3 is 4. The molecule has 0 fully saturated rings. The van der Waals surface area contributed by atoms with E-state index in [0.717, 1.165) is 0 Å². The maximum Gasteiger partial charge on any atom is 0.192 e. The maximum absolute atomic E-state index is 5.48. The van der Waals surface area contributed by atoms with Crippen LogP contribution in [0.25, 0.3) is 0 Å². The van der Waals surface area contributed by atoms with Crippen molar-refractivity contribution in [2.45, 2.75) is 32.5 Å². The Morgan fingerprint density at radius 2 is 1.33 bits per heavy atom. The Balaban J connectivity index is 4.83. The molecule has 0 aromatic carbocycles. The van der Waals surface area contributed by atoms with E-state index in [4.69, 9.17) is 28.4 Å². The fourth-order valence-electron chi connectivity index (χ4n) is 1.57. The molecule has 6 heteroatoms. The van der Waals surface area contributed by atoms with Crippen LogP contribution in [0.1, 0.15) is 13.8 Å². The van der Waals surface area contributed by atoms with Gasteiger partial charge in [-0.25, -0.2) is 0 Å². The van der Waals surface area contributed by atoms with Crippen molar-refractivity contribution in [2.24, 2.45) is 0 Å². The third-order valence-corrected chi connectivity index (χ3v) is 2.35. The van der Waals surface area contributed by atoms with Gasteiger partial charge in [0.2, 0.25) is 0 Å². The molecule has 0 aliphatic rings. The van der Waals surface area contributed by atoms with Crippen LogP contribution in [0.15, 0.2) is 0 Å². The standard InChI is InChI=1S/C12H25O6/c1-7-17-12(18-8-2)10(14-4)9(13-3)11(15-5)16-6/h9,11-12H,7-8H2,1-6H3. The van der Waals surface area contributed by atoms with E-state index < -0.39 is 18.7 Å². The summed E-state index contributed by atoms with van der Waals surface area (Å²) in [5.74, 6) is 0. The summed E-state index contributed by atoms with van der Waals surface area (Å²) >= 11 is 0. The molecule has 1 radical (unpaired) electrons. The van der Waals surface area contributed by atoms with E-state index in [-0.39, 0.29) is 0 Å². The summed E-state index contributed by atoms with van der Waals surface area (Å²) in [6.45, 7) is 4.76. The van der Waals surface area contributed by atoms with Crippen LogP contribution in [-0.4, -0.2) is 60.3 Å². The van der Waals surface area contributed by atoms with Crippen LogP contribution in [0, 0.1) is 6.10 Å². The quantitative estimate of drug-likeness (QED) is 0.523. The lowest BCUT2D eigenvalue weighted by Gasteiger charge is -2.33. The Hall–Kier alpha value is -0.240. The second-order valence-corrected chi connectivity index (χ2v) is 3.35. The highest BCUT2D eigenvalue weighted by Gasteiger charge is 2.38. The maximum atomic E-state index is 5.48. The molecule has 0 aromatic heterocycles. The summed E-state index contributed by atoms with van der Waals surface area (Å²) < 4.78 is 32.0. The topological polar surface area (TPSA) is 55.4 Å². The smallest absolute Gasteiger partial charge is 0.192 e. The molecule has 6 nitrogen and oxygen atoms in total. The van der Waals surface area contributed by atoms with Crippen molar-refractivity contribution in [2.75, 3.05) is 41.7 Å². The minimum absolute atomic E-state index is 0.481. The van der Waals surface area contributed by atoms with E-state index in [1.807, 2.05) is 13.8 Å². The van der Waals surface area contributed by atoms with Crippen molar-refractivity contribution in [3.8, 4) is 0 Å². The number of ether oxygens (including phenoxy) is 6. The van der Waals surface area contributed by atoms with Gasteiger partial charge in [-0.3, -0.25) is 0 Å². The normalized spacial score (nSPS) is 13.8. The van der Waals surface area contributed by atoms with Gasteiger partial charge in [-0.1, -0.05) is 0 Å². The Morgan fingerprint density at radius 1 is 0.833 bits per heavy atom. The van der Waals surface area contributed by atoms with Gasteiger partial charge >= 0.3 is 0 Å². The number of hydrogen-bond donors (Lipinski definition) is 0. The van der Waals surface area contributed by atoms with Gasteiger partial charge in [0.1, 0.15) is 6.10 Å². The van der Waals surface area contributed by atoms with E-state index in [9.17, 15) is 0 Å². The van der Waals surface area contributed by atoms with Crippen LogP contribution in [0.5, 0.6) is 0 Å². The molecule has 0 aliphatic carbocycles. The van der Waals surface area contributed by atoms with Crippen LogP contribution in [0.2, 0.25) is 0 Å². The zero-order chi connectivity index (χ0) is 14.0. The summed E-state index contributed by atoms with van der Waals surface area (Å²) in [5, 5.41) is 0. The van der Waals surface area contributed by atoms with Crippen molar-refractivity contribution in [3.63, 3.8) is 0 Å². The molecular formula is C12H25O6. The number of rotatable bonds is 11. The fourth-order valence-corrected chi connectivity index (χ4v) is 1.57. The average Bonchev–Trinajstić information content (AvgIpc) is 2.39. The Bertz CT molecular complexity index is 179. The van der Waals surface area contributed by atoms with Crippen LogP contribution in [0.3, 0.4) is 0 Å². The molecule has 0 aliphatic heterocycles. The average molecular weight is 265 g/mol. The predicted octanol–water partition coefficient (Wildman–Crippen LogP) is 1.20. The molecule has 1 atom stereocenters. The van der Waals surface area contributed by atoms with Crippen molar-refractivity contribution in [1.29, 1.82) is 0 Å². The van der Waals surface area contributed by atoms with Gasteiger partial charge in [-0.15, -0.1) is 0 Å². The van der Waals surface area contributed by atoms with E-state index >= 15 is 0 Å². The van der Waals surface area contributed by atoms with E-state index in [1.54, 1.807) is 7.11 Å². The highest BCUT2D eigenvalue weighted by Crippen LogP contribution is 2.24. The summed E-state index contributed by atoms with van der Waals surface area (Å²) in [5.41, 5.74) is 0. The number of hydrogen-bond acceptors (Lipinski definition) is 6. The van der Waals surface area contributed by atoms with Crippen LogP contribution >= 0.6 is 0 Å². The van der Waals surface area contributed by atoms with Crippen LogP contribution < -0.4 is 0 Å². The highest BCUT2D eigenvalue weighted by atomic mass is 16.7. The third kappa shape index (κ3) is 5.17. The zero-order valence-electron chi connectivity index (χ0n) is 12.1. The molecule has 1 unspecified atom stereocenters. The Labute approximate surface area is 109 Å². The summed E-state index contributed by atoms with van der Waals surface area (Å²) in [7, 11) is 6.14. The first-order valence-corrected chi connectivity index (χ1v) is 5.92. The van der Waals surface area contributed by atoms with Gasteiger partial charge < -0.3 is 28.4 Å². The first kappa shape index (κ1) is 17.8. The lowest BCUT2D eigenvalue weighted by atomic mass is 10.1. The summed E-state index contributed by atoms with van der Waals surface area (Å²) in [6, 6.07) is 0. The molecule has 0 spiro atoms. The first-order chi connectivity index (χ1) is 8.69. The van der Waals surface area contributed by atoms with Gasteiger partial charge in [-0.05, 0) is 13.8 Å². The molecule has 0 saturated heterocycles.